The number of guanidine groups is 1. The van der Waals surface area contributed by atoms with Crippen LogP contribution < -0.4 is 15.4 Å². The van der Waals surface area contributed by atoms with Crippen molar-refractivity contribution in [2.75, 3.05) is 27.4 Å². The zero-order valence-corrected chi connectivity index (χ0v) is 19.4. The van der Waals surface area contributed by atoms with Crippen LogP contribution in [0.15, 0.2) is 33.8 Å². The van der Waals surface area contributed by atoms with Crippen LogP contribution in [-0.2, 0) is 30.7 Å². The molecule has 0 unspecified atom stereocenters. The summed E-state index contributed by atoms with van der Waals surface area (Å²) < 4.78 is 16.0. The Morgan fingerprint density at radius 3 is 2.39 bits per heavy atom. The van der Waals surface area contributed by atoms with Gasteiger partial charge in [-0.1, -0.05) is 31.1 Å². The molecule has 2 rings (SSSR count). The van der Waals surface area contributed by atoms with Crippen LogP contribution in [0.2, 0.25) is 0 Å². The number of benzene rings is 1. The molecule has 2 aromatic rings. The molecule has 1 aromatic carbocycles. The van der Waals surface area contributed by atoms with E-state index in [1.807, 2.05) is 24.3 Å². The van der Waals surface area contributed by atoms with Crippen LogP contribution in [0.4, 0.5) is 0 Å². The summed E-state index contributed by atoms with van der Waals surface area (Å²) in [6, 6.07) is 7.99. The van der Waals surface area contributed by atoms with Crippen molar-refractivity contribution in [3.8, 4) is 5.75 Å². The van der Waals surface area contributed by atoms with Gasteiger partial charge in [0.05, 0.1) is 12.3 Å². The molecule has 0 saturated heterocycles. The number of aryl methyl sites for hydroxylation is 2. The molecule has 0 fully saturated rings. The van der Waals surface area contributed by atoms with Crippen LogP contribution in [-0.4, -0.2) is 38.5 Å². The molecule has 0 radical (unpaired) electrons. The first kappa shape index (κ1) is 24.2. The number of nitrogens with one attached hydrogen (secondary N) is 2. The van der Waals surface area contributed by atoms with Crippen molar-refractivity contribution in [3.63, 3.8) is 0 Å². The van der Waals surface area contributed by atoms with Crippen molar-refractivity contribution in [1.29, 1.82) is 0 Å². The van der Waals surface area contributed by atoms with E-state index in [1.165, 1.54) is 0 Å². The lowest BCUT2D eigenvalue weighted by atomic mass is 10.1. The number of halogens is 1. The van der Waals surface area contributed by atoms with E-state index in [0.717, 1.165) is 47.1 Å². The summed E-state index contributed by atoms with van der Waals surface area (Å²) in [5.41, 5.74) is 3.27. The summed E-state index contributed by atoms with van der Waals surface area (Å²) in [6.07, 6.45) is 1.68. The van der Waals surface area contributed by atoms with E-state index in [9.17, 15) is 0 Å². The minimum Gasteiger partial charge on any atom is -0.491 e. The van der Waals surface area contributed by atoms with Crippen LogP contribution in [0, 0.1) is 0 Å². The molecule has 0 aliphatic carbocycles. The second-order valence-corrected chi connectivity index (χ2v) is 6.00. The van der Waals surface area contributed by atoms with Gasteiger partial charge < -0.3 is 24.6 Å². The van der Waals surface area contributed by atoms with Crippen molar-refractivity contribution < 1.29 is 14.0 Å². The molecule has 156 valence electrons. The molecule has 28 heavy (non-hydrogen) atoms. The highest BCUT2D eigenvalue weighted by Crippen LogP contribution is 2.15. The van der Waals surface area contributed by atoms with Crippen molar-refractivity contribution in [3.05, 3.63) is 46.8 Å². The van der Waals surface area contributed by atoms with Crippen molar-refractivity contribution in [2.45, 2.75) is 39.8 Å². The van der Waals surface area contributed by atoms with Crippen LogP contribution in [0.1, 0.15) is 36.4 Å². The Morgan fingerprint density at radius 2 is 1.79 bits per heavy atom. The Kier molecular flexibility index (Phi) is 11.6. The fourth-order valence-electron chi connectivity index (χ4n) is 2.66. The number of aromatic nitrogens is 1. The first-order chi connectivity index (χ1) is 13.2. The van der Waals surface area contributed by atoms with Gasteiger partial charge in [-0.2, -0.15) is 0 Å². The Balaban J connectivity index is 0.00000392. The number of ether oxygens (including phenoxy) is 2. The molecule has 2 N–H and O–H groups in total. The van der Waals surface area contributed by atoms with Crippen LogP contribution in [0.3, 0.4) is 0 Å². The highest BCUT2D eigenvalue weighted by Gasteiger charge is 2.13. The number of rotatable bonds is 10. The highest BCUT2D eigenvalue weighted by atomic mass is 127. The molecule has 1 heterocycles. The summed E-state index contributed by atoms with van der Waals surface area (Å²) in [5.74, 6) is 2.50. The maximum atomic E-state index is 5.58. The molecule has 1 aromatic heterocycles. The Hall–Kier alpha value is -1.81. The lowest BCUT2D eigenvalue weighted by molar-refractivity contribution is 0.146. The van der Waals surface area contributed by atoms with Gasteiger partial charge in [-0.15, -0.1) is 24.0 Å². The third-order valence-corrected chi connectivity index (χ3v) is 4.20. The lowest BCUT2D eigenvalue weighted by Crippen LogP contribution is -2.36. The first-order valence-electron chi connectivity index (χ1n) is 9.33. The topological polar surface area (TPSA) is 80.9 Å². The zero-order valence-electron chi connectivity index (χ0n) is 17.1. The predicted octanol–water partition coefficient (Wildman–Crippen LogP) is 3.31. The molecule has 0 aliphatic rings. The molecule has 0 saturated carbocycles. The van der Waals surface area contributed by atoms with Gasteiger partial charge in [0.15, 0.2) is 5.96 Å². The van der Waals surface area contributed by atoms with Gasteiger partial charge in [-0.05, 0) is 24.1 Å². The van der Waals surface area contributed by atoms with Crippen molar-refractivity contribution in [2.24, 2.45) is 4.99 Å². The predicted molar refractivity (Wildman–Crippen MR) is 122 cm³/mol. The zero-order chi connectivity index (χ0) is 19.5. The molecule has 0 spiro atoms. The summed E-state index contributed by atoms with van der Waals surface area (Å²) in [5, 5.41) is 10.8. The van der Waals surface area contributed by atoms with Gasteiger partial charge in [0.1, 0.15) is 18.1 Å². The minimum absolute atomic E-state index is 0. The second kappa shape index (κ2) is 13.4. The largest absolute Gasteiger partial charge is 0.491 e. The number of methoxy groups -OCH3 is 1. The Bertz CT molecular complexity index is 695. The van der Waals surface area contributed by atoms with E-state index in [1.54, 1.807) is 14.2 Å². The molecular formula is C20H31IN4O3. The standard InChI is InChI=1S/C20H30N4O3.HI/c1-5-18-17(19(6-2)27-24-18)14-23-20(21-3)22-13-15-7-9-16(10-8-15)26-12-11-25-4;/h7-10H,5-6,11-14H2,1-4H3,(H2,21,22,23);1H. The summed E-state index contributed by atoms with van der Waals surface area (Å²) >= 11 is 0. The SMILES string of the molecule is CCc1noc(CC)c1CNC(=NC)NCc1ccc(OCCOC)cc1.I. The molecular weight excluding hydrogens is 471 g/mol. The lowest BCUT2D eigenvalue weighted by Gasteiger charge is -2.13. The highest BCUT2D eigenvalue weighted by molar-refractivity contribution is 14.0. The van der Waals surface area contributed by atoms with Crippen LogP contribution >= 0.6 is 24.0 Å². The number of aliphatic imine (C=N–C) groups is 1. The van der Waals surface area contributed by atoms with E-state index in [0.29, 0.717) is 26.3 Å². The van der Waals surface area contributed by atoms with Gasteiger partial charge in [0.25, 0.3) is 0 Å². The third-order valence-electron chi connectivity index (χ3n) is 4.20. The van der Waals surface area contributed by atoms with E-state index in [4.69, 9.17) is 14.0 Å². The normalized spacial score (nSPS) is 11.1. The smallest absolute Gasteiger partial charge is 0.191 e. The van der Waals surface area contributed by atoms with Gasteiger partial charge in [-0.25, -0.2) is 0 Å². The van der Waals surface area contributed by atoms with E-state index < -0.39 is 0 Å². The summed E-state index contributed by atoms with van der Waals surface area (Å²) in [4.78, 5) is 4.29. The van der Waals surface area contributed by atoms with Crippen LogP contribution in [0.25, 0.3) is 0 Å². The molecule has 0 atom stereocenters. The van der Waals surface area contributed by atoms with E-state index in [-0.39, 0.29) is 24.0 Å². The van der Waals surface area contributed by atoms with Gasteiger partial charge in [-0.3, -0.25) is 4.99 Å². The number of nitrogens with zero attached hydrogens (tertiary/aromatic N) is 2. The average Bonchev–Trinajstić information content (AvgIpc) is 3.11. The quantitative estimate of drug-likeness (QED) is 0.225. The summed E-state index contributed by atoms with van der Waals surface area (Å²) in [6.45, 7) is 6.59. The monoisotopic (exact) mass is 502 g/mol. The molecule has 8 heteroatoms. The molecule has 7 nitrogen and oxygen atoms in total. The average molecular weight is 502 g/mol. The number of hydrogen-bond donors (Lipinski definition) is 2. The number of hydrogen-bond acceptors (Lipinski definition) is 5. The van der Waals surface area contributed by atoms with E-state index in [2.05, 4.69) is 34.6 Å². The fourth-order valence-corrected chi connectivity index (χ4v) is 2.66. The van der Waals surface area contributed by atoms with Gasteiger partial charge in [0.2, 0.25) is 0 Å². The van der Waals surface area contributed by atoms with Gasteiger partial charge >= 0.3 is 0 Å². The van der Waals surface area contributed by atoms with Crippen LogP contribution in [0.5, 0.6) is 5.75 Å². The Labute approximate surface area is 184 Å². The molecule has 0 aliphatic heterocycles. The van der Waals surface area contributed by atoms with Crippen molar-refractivity contribution in [1.82, 2.24) is 15.8 Å². The molecule has 0 amide bonds. The third kappa shape index (κ3) is 7.31. The van der Waals surface area contributed by atoms with Gasteiger partial charge in [0, 0.05) is 39.2 Å². The van der Waals surface area contributed by atoms with Crippen molar-refractivity contribution >= 4 is 29.9 Å². The maximum absolute atomic E-state index is 5.58. The second-order valence-electron chi connectivity index (χ2n) is 6.00. The minimum atomic E-state index is 0. The first-order valence-corrected chi connectivity index (χ1v) is 9.33. The summed E-state index contributed by atoms with van der Waals surface area (Å²) in [7, 11) is 3.42. The molecule has 0 bridgehead atoms. The fraction of sp³-hybridized carbons (Fsp3) is 0.500. The maximum Gasteiger partial charge on any atom is 0.191 e. The van der Waals surface area contributed by atoms with E-state index >= 15 is 0 Å². The Morgan fingerprint density at radius 1 is 1.07 bits per heavy atom.